The lowest BCUT2D eigenvalue weighted by Crippen LogP contribution is -2.32. The molecule has 1 saturated heterocycles. The number of methoxy groups -OCH3 is 1. The van der Waals surface area contributed by atoms with Crippen molar-refractivity contribution in [2.24, 2.45) is 5.92 Å². The van der Waals surface area contributed by atoms with Gasteiger partial charge in [-0.15, -0.1) is 6.58 Å². The maximum atomic E-state index is 12.4. The van der Waals surface area contributed by atoms with Crippen LogP contribution in [0.15, 0.2) is 35.7 Å². The van der Waals surface area contributed by atoms with Crippen LogP contribution >= 0.6 is 0 Å². The topological polar surface area (TPSA) is 102 Å². The quantitative estimate of drug-likeness (QED) is 0.724. The van der Waals surface area contributed by atoms with Crippen molar-refractivity contribution in [1.29, 1.82) is 0 Å². The highest BCUT2D eigenvalue weighted by Crippen LogP contribution is 2.26. The Hall–Kier alpha value is -1.90. The second-order valence-electron chi connectivity index (χ2n) is 5.14. The lowest BCUT2D eigenvalue weighted by molar-refractivity contribution is 0.0696. The molecule has 1 fully saturated rings. The molecule has 8 heteroatoms. The highest BCUT2D eigenvalue weighted by atomic mass is 32.2. The number of ether oxygens (including phenoxy) is 2. The van der Waals surface area contributed by atoms with Crippen LogP contribution < -0.4 is 9.46 Å². The van der Waals surface area contributed by atoms with Gasteiger partial charge in [0.1, 0.15) is 10.6 Å². The van der Waals surface area contributed by atoms with Gasteiger partial charge < -0.3 is 14.6 Å². The van der Waals surface area contributed by atoms with Gasteiger partial charge in [-0.05, 0) is 24.6 Å². The minimum absolute atomic E-state index is 0.0136. The van der Waals surface area contributed by atoms with E-state index in [0.717, 1.165) is 6.42 Å². The summed E-state index contributed by atoms with van der Waals surface area (Å²) < 4.78 is 37.8. The molecule has 126 valence electrons. The lowest BCUT2D eigenvalue weighted by atomic mass is 10.0. The van der Waals surface area contributed by atoms with Crippen LogP contribution in [0, 0.1) is 5.92 Å². The van der Waals surface area contributed by atoms with Gasteiger partial charge in [0.25, 0.3) is 0 Å². The summed E-state index contributed by atoms with van der Waals surface area (Å²) in [6.45, 7) is 4.45. The number of carboxylic acid groups (broad SMARTS) is 1. The van der Waals surface area contributed by atoms with E-state index in [9.17, 15) is 13.2 Å². The van der Waals surface area contributed by atoms with Gasteiger partial charge >= 0.3 is 5.97 Å². The van der Waals surface area contributed by atoms with Crippen LogP contribution in [0.1, 0.15) is 16.8 Å². The first-order chi connectivity index (χ1) is 10.9. The Morgan fingerprint density at radius 2 is 2.30 bits per heavy atom. The van der Waals surface area contributed by atoms with Gasteiger partial charge in [-0.3, -0.25) is 0 Å². The molecule has 0 radical (unpaired) electrons. The van der Waals surface area contributed by atoms with Crippen molar-refractivity contribution in [3.63, 3.8) is 0 Å². The van der Waals surface area contributed by atoms with Gasteiger partial charge in [0.15, 0.2) is 0 Å². The highest BCUT2D eigenvalue weighted by molar-refractivity contribution is 7.89. The molecule has 1 aromatic carbocycles. The Morgan fingerprint density at radius 3 is 2.91 bits per heavy atom. The number of sulfonamides is 1. The smallest absolute Gasteiger partial charge is 0.335 e. The molecule has 1 aliphatic heterocycles. The Labute approximate surface area is 135 Å². The van der Waals surface area contributed by atoms with Gasteiger partial charge in [0, 0.05) is 19.1 Å². The van der Waals surface area contributed by atoms with Crippen LogP contribution in [0.25, 0.3) is 0 Å². The number of carboxylic acids is 1. The summed E-state index contributed by atoms with van der Waals surface area (Å²) in [7, 11) is -2.53. The maximum absolute atomic E-state index is 12.4. The standard InChI is InChI=1S/C15H19NO6S/c1-3-12-11(6-7-22-12)9-16-23(19,20)14-5-4-10(15(17)18)8-13(14)21-2/h3-5,8,11-12,16H,1,6-7,9H2,2H3,(H,17,18)/t11-,12-/m0/s1. The van der Waals surface area contributed by atoms with Crippen molar-refractivity contribution < 1.29 is 27.8 Å². The van der Waals surface area contributed by atoms with Crippen molar-refractivity contribution in [3.8, 4) is 5.75 Å². The van der Waals surface area contributed by atoms with Crippen LogP contribution in [0.5, 0.6) is 5.75 Å². The third-order valence-electron chi connectivity index (χ3n) is 3.73. The third kappa shape index (κ3) is 3.90. The molecule has 23 heavy (non-hydrogen) atoms. The van der Waals surface area contributed by atoms with Crippen molar-refractivity contribution >= 4 is 16.0 Å². The van der Waals surface area contributed by atoms with E-state index in [1.165, 1.54) is 25.3 Å². The molecule has 1 aromatic rings. The predicted octanol–water partition coefficient (Wildman–Crippen LogP) is 1.26. The van der Waals surface area contributed by atoms with E-state index in [4.69, 9.17) is 14.6 Å². The first-order valence-electron chi connectivity index (χ1n) is 7.04. The van der Waals surface area contributed by atoms with E-state index in [-0.39, 0.29) is 34.8 Å². The highest BCUT2D eigenvalue weighted by Gasteiger charge is 2.28. The number of carbonyl (C=O) groups is 1. The van der Waals surface area contributed by atoms with Gasteiger partial charge in [0.05, 0.1) is 18.8 Å². The predicted molar refractivity (Wildman–Crippen MR) is 83.2 cm³/mol. The molecular weight excluding hydrogens is 322 g/mol. The number of hydrogen-bond donors (Lipinski definition) is 2. The van der Waals surface area contributed by atoms with Gasteiger partial charge in [-0.1, -0.05) is 6.08 Å². The maximum Gasteiger partial charge on any atom is 0.335 e. The van der Waals surface area contributed by atoms with Gasteiger partial charge in [-0.2, -0.15) is 0 Å². The summed E-state index contributed by atoms with van der Waals surface area (Å²) in [4.78, 5) is 10.9. The van der Waals surface area contributed by atoms with Crippen LogP contribution in [0.4, 0.5) is 0 Å². The minimum Gasteiger partial charge on any atom is -0.495 e. The molecule has 0 unspecified atom stereocenters. The molecule has 2 N–H and O–H groups in total. The summed E-state index contributed by atoms with van der Waals surface area (Å²) in [6.07, 6.45) is 2.23. The average Bonchev–Trinajstić information content (AvgIpc) is 2.99. The van der Waals surface area contributed by atoms with E-state index in [1.54, 1.807) is 6.08 Å². The molecule has 0 spiro atoms. The second-order valence-corrected chi connectivity index (χ2v) is 6.88. The molecule has 1 aliphatic rings. The second kappa shape index (κ2) is 7.12. The zero-order valence-corrected chi connectivity index (χ0v) is 13.5. The Bertz CT molecular complexity index is 700. The molecule has 1 heterocycles. The Balaban J connectivity index is 2.19. The number of hydrogen-bond acceptors (Lipinski definition) is 5. The summed E-state index contributed by atoms with van der Waals surface area (Å²) in [5.41, 5.74) is -0.0447. The van der Waals surface area contributed by atoms with E-state index in [2.05, 4.69) is 11.3 Å². The number of benzene rings is 1. The average molecular weight is 341 g/mol. The Kier molecular flexibility index (Phi) is 5.40. The van der Waals surface area contributed by atoms with Gasteiger partial charge in [-0.25, -0.2) is 17.9 Å². The van der Waals surface area contributed by atoms with E-state index in [1.807, 2.05) is 0 Å². The molecule has 2 rings (SSSR count). The van der Waals surface area contributed by atoms with Crippen molar-refractivity contribution in [3.05, 3.63) is 36.4 Å². The fraction of sp³-hybridized carbons (Fsp3) is 0.400. The number of aromatic carboxylic acids is 1. The van der Waals surface area contributed by atoms with Crippen molar-refractivity contribution in [2.45, 2.75) is 17.4 Å². The minimum atomic E-state index is -3.82. The normalized spacial score (nSPS) is 21.1. The Morgan fingerprint density at radius 1 is 1.57 bits per heavy atom. The van der Waals surface area contributed by atoms with Crippen LogP contribution in [0.3, 0.4) is 0 Å². The molecular formula is C15H19NO6S. The molecule has 7 nitrogen and oxygen atoms in total. The fourth-order valence-corrected chi connectivity index (χ4v) is 3.69. The van der Waals surface area contributed by atoms with E-state index in [0.29, 0.717) is 6.61 Å². The van der Waals surface area contributed by atoms with Gasteiger partial charge in [0.2, 0.25) is 10.0 Å². The zero-order valence-electron chi connectivity index (χ0n) is 12.7. The van der Waals surface area contributed by atoms with Crippen molar-refractivity contribution in [2.75, 3.05) is 20.3 Å². The zero-order chi connectivity index (χ0) is 17.0. The summed E-state index contributed by atoms with van der Waals surface area (Å²) in [5.74, 6) is -1.15. The van der Waals surface area contributed by atoms with Crippen LogP contribution in [-0.4, -0.2) is 45.9 Å². The first kappa shape index (κ1) is 17.5. The summed E-state index contributed by atoms with van der Waals surface area (Å²) in [6, 6.07) is 3.63. The van der Waals surface area contributed by atoms with Crippen molar-refractivity contribution in [1.82, 2.24) is 4.72 Å². The number of nitrogens with one attached hydrogen (secondary N) is 1. The molecule has 0 aliphatic carbocycles. The van der Waals surface area contributed by atoms with Crippen LogP contribution in [-0.2, 0) is 14.8 Å². The lowest BCUT2D eigenvalue weighted by Gasteiger charge is -2.16. The molecule has 0 bridgehead atoms. The summed E-state index contributed by atoms with van der Waals surface area (Å²) >= 11 is 0. The SMILES string of the molecule is C=C[C@@H]1OCC[C@H]1CNS(=O)(=O)c1ccc(C(=O)O)cc1OC. The molecule has 0 amide bonds. The third-order valence-corrected chi connectivity index (χ3v) is 5.19. The monoisotopic (exact) mass is 341 g/mol. The molecule has 2 atom stereocenters. The molecule has 0 saturated carbocycles. The van der Waals surface area contributed by atoms with E-state index >= 15 is 0 Å². The fourth-order valence-electron chi connectivity index (χ4n) is 2.45. The largest absolute Gasteiger partial charge is 0.495 e. The first-order valence-corrected chi connectivity index (χ1v) is 8.52. The van der Waals surface area contributed by atoms with E-state index < -0.39 is 16.0 Å². The summed E-state index contributed by atoms with van der Waals surface area (Å²) in [5, 5.41) is 8.96. The van der Waals surface area contributed by atoms with Crippen LogP contribution in [0.2, 0.25) is 0 Å². The molecule has 0 aromatic heterocycles. The number of rotatable bonds is 7.